The van der Waals surface area contributed by atoms with Crippen molar-refractivity contribution >= 4 is 11.7 Å². The highest BCUT2D eigenvalue weighted by Gasteiger charge is 2.23. The summed E-state index contributed by atoms with van der Waals surface area (Å²) in [4.78, 5) is 25.5. The summed E-state index contributed by atoms with van der Waals surface area (Å²) < 4.78 is 13.0. The molecule has 6 heteroatoms. The van der Waals surface area contributed by atoms with E-state index in [9.17, 15) is 9.18 Å². The summed E-state index contributed by atoms with van der Waals surface area (Å²) in [6.07, 6.45) is 0.311. The second-order valence-electron chi connectivity index (χ2n) is 6.48. The number of rotatable bonds is 3. The van der Waals surface area contributed by atoms with Crippen molar-refractivity contribution in [2.24, 2.45) is 0 Å². The van der Waals surface area contributed by atoms with Gasteiger partial charge in [0.15, 0.2) is 0 Å². The van der Waals surface area contributed by atoms with Crippen LogP contribution in [-0.2, 0) is 11.2 Å². The van der Waals surface area contributed by atoms with Gasteiger partial charge in [-0.15, -0.1) is 0 Å². The minimum absolute atomic E-state index is 0.0815. The molecule has 0 aliphatic carbocycles. The summed E-state index contributed by atoms with van der Waals surface area (Å²) in [6.45, 7) is 8.78. The predicted octanol–water partition coefficient (Wildman–Crippen LogP) is 2.43. The maximum atomic E-state index is 13.0. The summed E-state index contributed by atoms with van der Waals surface area (Å²) in [5.74, 6) is 1.54. The quantitative estimate of drug-likeness (QED) is 0.860. The van der Waals surface area contributed by atoms with E-state index in [1.807, 2.05) is 25.7 Å². The number of nitrogens with zero attached hydrogens (tertiary/aromatic N) is 4. The highest BCUT2D eigenvalue weighted by atomic mass is 19.1. The molecule has 0 bridgehead atoms. The van der Waals surface area contributed by atoms with Gasteiger partial charge in [0.25, 0.3) is 0 Å². The molecule has 132 valence electrons. The van der Waals surface area contributed by atoms with Crippen LogP contribution in [0.1, 0.15) is 22.6 Å². The molecule has 1 aliphatic rings. The second-order valence-corrected chi connectivity index (χ2v) is 6.48. The zero-order chi connectivity index (χ0) is 18.0. The highest BCUT2D eigenvalue weighted by Crippen LogP contribution is 2.21. The van der Waals surface area contributed by atoms with Crippen molar-refractivity contribution in [3.8, 4) is 0 Å². The molecule has 1 aromatic heterocycles. The Morgan fingerprint density at radius 1 is 1.04 bits per heavy atom. The molecule has 1 aliphatic heterocycles. The van der Waals surface area contributed by atoms with Gasteiger partial charge in [-0.2, -0.15) is 0 Å². The standard InChI is InChI=1S/C19H23FN4O/c1-13-14(2)21-15(3)22-19(13)24-10-8-23(9-11-24)18(25)12-16-4-6-17(20)7-5-16/h4-7H,8-12H2,1-3H3. The average molecular weight is 342 g/mol. The van der Waals surface area contributed by atoms with Crippen LogP contribution in [0.25, 0.3) is 0 Å². The minimum Gasteiger partial charge on any atom is -0.353 e. The van der Waals surface area contributed by atoms with E-state index in [1.54, 1.807) is 12.1 Å². The van der Waals surface area contributed by atoms with Gasteiger partial charge < -0.3 is 9.80 Å². The Morgan fingerprint density at radius 3 is 2.32 bits per heavy atom. The fourth-order valence-corrected chi connectivity index (χ4v) is 3.11. The van der Waals surface area contributed by atoms with Gasteiger partial charge in [-0.25, -0.2) is 14.4 Å². The first-order valence-electron chi connectivity index (χ1n) is 8.53. The van der Waals surface area contributed by atoms with Crippen LogP contribution in [0.5, 0.6) is 0 Å². The van der Waals surface area contributed by atoms with Crippen LogP contribution in [0.3, 0.4) is 0 Å². The van der Waals surface area contributed by atoms with Crippen LogP contribution in [0.2, 0.25) is 0 Å². The third kappa shape index (κ3) is 3.95. The van der Waals surface area contributed by atoms with Gasteiger partial charge in [-0.3, -0.25) is 4.79 Å². The Labute approximate surface area is 147 Å². The molecule has 0 atom stereocenters. The topological polar surface area (TPSA) is 49.3 Å². The number of carbonyl (C=O) groups excluding carboxylic acids is 1. The smallest absolute Gasteiger partial charge is 0.227 e. The molecule has 1 fully saturated rings. The number of amides is 1. The van der Waals surface area contributed by atoms with Crippen molar-refractivity contribution in [1.29, 1.82) is 0 Å². The van der Waals surface area contributed by atoms with Gasteiger partial charge in [-0.1, -0.05) is 12.1 Å². The number of anilines is 1. The van der Waals surface area contributed by atoms with Crippen LogP contribution >= 0.6 is 0 Å². The first-order valence-corrected chi connectivity index (χ1v) is 8.53. The molecule has 0 spiro atoms. The Morgan fingerprint density at radius 2 is 1.68 bits per heavy atom. The number of hydrogen-bond acceptors (Lipinski definition) is 4. The Bertz CT molecular complexity index is 768. The largest absolute Gasteiger partial charge is 0.353 e. The number of halogens is 1. The van der Waals surface area contributed by atoms with E-state index in [0.29, 0.717) is 19.5 Å². The van der Waals surface area contributed by atoms with Gasteiger partial charge in [0, 0.05) is 37.4 Å². The van der Waals surface area contributed by atoms with E-state index in [-0.39, 0.29) is 11.7 Å². The molecule has 25 heavy (non-hydrogen) atoms. The summed E-state index contributed by atoms with van der Waals surface area (Å²) in [6, 6.07) is 6.12. The maximum Gasteiger partial charge on any atom is 0.227 e. The first-order chi connectivity index (χ1) is 11.9. The van der Waals surface area contributed by atoms with Crippen LogP contribution in [0, 0.1) is 26.6 Å². The van der Waals surface area contributed by atoms with Gasteiger partial charge in [0.1, 0.15) is 17.5 Å². The van der Waals surface area contributed by atoms with E-state index in [1.165, 1.54) is 12.1 Å². The van der Waals surface area contributed by atoms with Crippen molar-refractivity contribution < 1.29 is 9.18 Å². The van der Waals surface area contributed by atoms with Gasteiger partial charge in [-0.05, 0) is 38.5 Å². The van der Waals surface area contributed by atoms with Crippen molar-refractivity contribution in [3.05, 3.63) is 52.7 Å². The van der Waals surface area contributed by atoms with Crippen LogP contribution < -0.4 is 4.90 Å². The summed E-state index contributed by atoms with van der Waals surface area (Å²) in [5, 5.41) is 0. The van der Waals surface area contributed by atoms with E-state index >= 15 is 0 Å². The minimum atomic E-state index is -0.282. The SMILES string of the molecule is Cc1nc(C)c(C)c(N2CCN(C(=O)Cc3ccc(F)cc3)CC2)n1. The normalized spacial score (nSPS) is 14.7. The van der Waals surface area contributed by atoms with Gasteiger partial charge in [0.05, 0.1) is 6.42 Å². The average Bonchev–Trinajstić information content (AvgIpc) is 2.60. The summed E-state index contributed by atoms with van der Waals surface area (Å²) >= 11 is 0. The fraction of sp³-hybridized carbons (Fsp3) is 0.421. The molecule has 0 radical (unpaired) electrons. The molecule has 5 nitrogen and oxygen atoms in total. The highest BCUT2D eigenvalue weighted by molar-refractivity contribution is 5.79. The third-order valence-electron chi connectivity index (χ3n) is 4.68. The number of aromatic nitrogens is 2. The lowest BCUT2D eigenvalue weighted by Crippen LogP contribution is -2.49. The van der Waals surface area contributed by atoms with Crippen LogP contribution in [-0.4, -0.2) is 47.0 Å². The monoisotopic (exact) mass is 342 g/mol. The molecule has 1 aromatic carbocycles. The zero-order valence-corrected chi connectivity index (χ0v) is 14.9. The first kappa shape index (κ1) is 17.3. The molecule has 2 aromatic rings. The lowest BCUT2D eigenvalue weighted by molar-refractivity contribution is -0.130. The van der Waals surface area contributed by atoms with E-state index in [2.05, 4.69) is 14.9 Å². The molecular formula is C19H23FN4O. The number of hydrogen-bond donors (Lipinski definition) is 0. The van der Waals surface area contributed by atoms with E-state index < -0.39 is 0 Å². The van der Waals surface area contributed by atoms with Gasteiger partial charge in [0.2, 0.25) is 5.91 Å². The molecule has 2 heterocycles. The van der Waals surface area contributed by atoms with Crippen molar-refractivity contribution in [3.63, 3.8) is 0 Å². The van der Waals surface area contributed by atoms with Crippen LogP contribution in [0.15, 0.2) is 24.3 Å². The molecule has 0 unspecified atom stereocenters. The fourth-order valence-electron chi connectivity index (χ4n) is 3.11. The third-order valence-corrected chi connectivity index (χ3v) is 4.68. The van der Waals surface area contributed by atoms with Crippen molar-refractivity contribution in [2.45, 2.75) is 27.2 Å². The number of aryl methyl sites for hydroxylation is 2. The lowest BCUT2D eigenvalue weighted by atomic mass is 10.1. The molecule has 0 saturated carbocycles. The summed E-state index contributed by atoms with van der Waals surface area (Å²) in [7, 11) is 0. The zero-order valence-electron chi connectivity index (χ0n) is 14.9. The van der Waals surface area contributed by atoms with E-state index in [0.717, 1.165) is 41.6 Å². The van der Waals surface area contributed by atoms with Crippen molar-refractivity contribution in [2.75, 3.05) is 31.1 Å². The molecule has 3 rings (SSSR count). The van der Waals surface area contributed by atoms with Gasteiger partial charge >= 0.3 is 0 Å². The number of benzene rings is 1. The Hall–Kier alpha value is -2.50. The molecule has 0 N–H and O–H groups in total. The second kappa shape index (κ2) is 7.17. The Balaban J connectivity index is 1.62. The predicted molar refractivity (Wildman–Crippen MR) is 95.1 cm³/mol. The lowest BCUT2D eigenvalue weighted by Gasteiger charge is -2.36. The molecule has 1 amide bonds. The maximum absolute atomic E-state index is 13.0. The summed E-state index contributed by atoms with van der Waals surface area (Å²) in [5.41, 5.74) is 2.93. The van der Waals surface area contributed by atoms with Crippen LogP contribution in [0.4, 0.5) is 10.2 Å². The van der Waals surface area contributed by atoms with E-state index in [4.69, 9.17) is 0 Å². The van der Waals surface area contributed by atoms with Crippen molar-refractivity contribution in [1.82, 2.24) is 14.9 Å². The number of piperazine rings is 1. The number of carbonyl (C=O) groups is 1. The molecule has 1 saturated heterocycles. The molecular weight excluding hydrogens is 319 g/mol. The Kier molecular flexibility index (Phi) is 4.97.